The summed E-state index contributed by atoms with van der Waals surface area (Å²) < 4.78 is 41.9. The quantitative estimate of drug-likeness (QED) is 0.339. The number of fused-ring (bicyclic) bond motifs is 1. The lowest BCUT2D eigenvalue weighted by Gasteiger charge is -2.15. The molecule has 0 aliphatic rings. The molecule has 15 heteroatoms. The molecule has 40 heavy (non-hydrogen) atoms. The molecule has 204 valence electrons. The topological polar surface area (TPSA) is 142 Å². The summed E-state index contributed by atoms with van der Waals surface area (Å²) in [6.07, 6.45) is 0.149. The fourth-order valence-corrected chi connectivity index (χ4v) is 4.00. The van der Waals surface area contributed by atoms with Crippen LogP contribution >= 0.6 is 0 Å². The molecule has 5 rings (SSSR count). The number of carbonyl (C=O) groups is 1. The van der Waals surface area contributed by atoms with Gasteiger partial charge < -0.3 is 9.88 Å². The first-order chi connectivity index (χ1) is 19.0. The van der Waals surface area contributed by atoms with Crippen molar-refractivity contribution in [3.05, 3.63) is 93.7 Å². The molecular weight excluding hydrogens is 531 g/mol. The van der Waals surface area contributed by atoms with Crippen LogP contribution in [0.15, 0.2) is 70.9 Å². The summed E-state index contributed by atoms with van der Waals surface area (Å²) in [5, 5.41) is 2.63. The summed E-state index contributed by atoms with van der Waals surface area (Å²) >= 11 is 0. The number of alkyl halides is 3. The number of hydrogen-bond donors (Lipinski definition) is 1. The fraction of sp³-hybridized carbons (Fsp3) is 0.200. The second-order valence-corrected chi connectivity index (χ2v) is 8.74. The van der Waals surface area contributed by atoms with Crippen LogP contribution in [0, 0.1) is 0 Å². The highest BCUT2D eigenvalue weighted by Crippen LogP contribution is 2.27. The Bertz CT molecular complexity index is 1830. The van der Waals surface area contributed by atoms with Gasteiger partial charge in [0.1, 0.15) is 11.9 Å². The molecule has 5 aromatic heterocycles. The third-order valence-electron chi connectivity index (χ3n) is 6.10. The van der Waals surface area contributed by atoms with Crippen molar-refractivity contribution in [2.45, 2.75) is 25.7 Å². The molecule has 0 aromatic carbocycles. The lowest BCUT2D eigenvalue weighted by atomic mass is 10.2. The molecule has 5 aromatic rings. The average Bonchev–Trinajstić information content (AvgIpc) is 3.39. The molecule has 0 saturated carbocycles. The molecule has 1 amide bonds. The maximum Gasteiger partial charge on any atom is 0.451 e. The van der Waals surface area contributed by atoms with Gasteiger partial charge in [-0.15, -0.1) is 0 Å². The minimum Gasteiger partial charge on any atom is -0.312 e. The number of hydrogen-bond acceptors (Lipinski definition) is 8. The van der Waals surface area contributed by atoms with Crippen LogP contribution in [-0.2, 0) is 24.6 Å². The molecule has 0 radical (unpaired) electrons. The molecule has 0 saturated heterocycles. The van der Waals surface area contributed by atoms with Gasteiger partial charge in [0.15, 0.2) is 11.2 Å². The van der Waals surface area contributed by atoms with Gasteiger partial charge in [0.25, 0.3) is 5.56 Å². The molecule has 0 aliphatic heterocycles. The molecule has 12 nitrogen and oxygen atoms in total. The Morgan fingerprint density at radius 3 is 2.45 bits per heavy atom. The Labute approximate surface area is 222 Å². The Morgan fingerprint density at radius 1 is 1.02 bits per heavy atom. The van der Waals surface area contributed by atoms with Crippen molar-refractivity contribution in [2.75, 3.05) is 5.32 Å². The van der Waals surface area contributed by atoms with E-state index < -0.39 is 35.2 Å². The molecule has 0 bridgehead atoms. The standard InChI is InChI=1S/C25H20F3N9O3/c1-14(21(38)34-18-8-5-7-17(33-18)15-10-30-23(31-11-15)25(26,27)28)37-13-32-20-19(37)22(39)36(24(40)35(20)2)12-16-6-3-4-9-29-16/h3-11,13-14H,12H2,1-2H3,(H,33,34,38). The predicted molar refractivity (Wildman–Crippen MR) is 136 cm³/mol. The number of aromatic nitrogens is 8. The van der Waals surface area contributed by atoms with E-state index in [2.05, 4.69) is 30.2 Å². The largest absolute Gasteiger partial charge is 0.451 e. The van der Waals surface area contributed by atoms with Crippen molar-refractivity contribution in [3.63, 3.8) is 0 Å². The van der Waals surface area contributed by atoms with Crippen LogP contribution in [0.1, 0.15) is 24.5 Å². The van der Waals surface area contributed by atoms with Gasteiger partial charge in [-0.05, 0) is 31.2 Å². The number of nitrogens with zero attached hydrogens (tertiary/aromatic N) is 8. The van der Waals surface area contributed by atoms with Gasteiger partial charge in [-0.1, -0.05) is 12.1 Å². The van der Waals surface area contributed by atoms with E-state index in [1.165, 1.54) is 41.6 Å². The summed E-state index contributed by atoms with van der Waals surface area (Å²) in [6.45, 7) is 1.47. The maximum absolute atomic E-state index is 13.4. The zero-order chi connectivity index (χ0) is 28.6. The van der Waals surface area contributed by atoms with Gasteiger partial charge in [0.2, 0.25) is 11.7 Å². The molecular formula is C25H20F3N9O3. The van der Waals surface area contributed by atoms with E-state index in [9.17, 15) is 27.6 Å². The smallest absolute Gasteiger partial charge is 0.312 e. The van der Waals surface area contributed by atoms with Crippen LogP contribution in [0.3, 0.4) is 0 Å². The summed E-state index contributed by atoms with van der Waals surface area (Å²) in [4.78, 5) is 58.7. The highest BCUT2D eigenvalue weighted by molar-refractivity contribution is 5.93. The van der Waals surface area contributed by atoms with Gasteiger partial charge in [-0.2, -0.15) is 13.2 Å². The van der Waals surface area contributed by atoms with Crippen LogP contribution in [-0.4, -0.2) is 44.5 Å². The first-order valence-corrected chi connectivity index (χ1v) is 11.8. The third-order valence-corrected chi connectivity index (χ3v) is 6.10. The van der Waals surface area contributed by atoms with Gasteiger partial charge in [0, 0.05) is 31.2 Å². The Morgan fingerprint density at radius 2 is 1.77 bits per heavy atom. The minimum atomic E-state index is -4.68. The Balaban J connectivity index is 1.43. The monoisotopic (exact) mass is 551 g/mol. The third kappa shape index (κ3) is 4.95. The molecule has 1 N–H and O–H groups in total. The van der Waals surface area contributed by atoms with E-state index >= 15 is 0 Å². The van der Waals surface area contributed by atoms with Gasteiger partial charge in [-0.3, -0.25) is 23.7 Å². The molecule has 5 heterocycles. The number of halogens is 3. The SMILES string of the molecule is CC(C(=O)Nc1cccc(-c2cnc(C(F)(F)F)nc2)n1)n1cnc2c1c(=O)n(Cc1ccccn1)c(=O)n2C. The molecule has 1 atom stereocenters. The van der Waals surface area contributed by atoms with E-state index in [4.69, 9.17) is 0 Å². The molecule has 0 fully saturated rings. The minimum absolute atomic E-state index is 0.0456. The van der Waals surface area contributed by atoms with Crippen molar-refractivity contribution in [1.29, 1.82) is 0 Å². The number of carbonyl (C=O) groups excluding carboxylic acids is 1. The first kappa shape index (κ1) is 26.4. The van der Waals surface area contributed by atoms with Crippen LogP contribution in [0.4, 0.5) is 19.0 Å². The van der Waals surface area contributed by atoms with Crippen molar-refractivity contribution in [3.8, 4) is 11.3 Å². The first-order valence-electron chi connectivity index (χ1n) is 11.8. The van der Waals surface area contributed by atoms with Crippen molar-refractivity contribution in [2.24, 2.45) is 7.05 Å². The van der Waals surface area contributed by atoms with E-state index in [0.29, 0.717) is 5.69 Å². The van der Waals surface area contributed by atoms with Crippen molar-refractivity contribution < 1.29 is 18.0 Å². The number of imidazole rings is 1. The van der Waals surface area contributed by atoms with E-state index in [0.717, 1.165) is 17.0 Å². The summed E-state index contributed by atoms with van der Waals surface area (Å²) in [7, 11) is 1.47. The van der Waals surface area contributed by atoms with Gasteiger partial charge in [0.05, 0.1) is 24.3 Å². The number of aryl methyl sites for hydroxylation is 1. The zero-order valence-electron chi connectivity index (χ0n) is 21.0. The second kappa shape index (κ2) is 10.2. The van der Waals surface area contributed by atoms with Crippen LogP contribution in [0.25, 0.3) is 22.4 Å². The van der Waals surface area contributed by atoms with E-state index in [-0.39, 0.29) is 34.8 Å². The summed E-state index contributed by atoms with van der Waals surface area (Å²) in [5.41, 5.74) is -0.116. The van der Waals surface area contributed by atoms with Gasteiger partial charge >= 0.3 is 11.9 Å². The highest BCUT2D eigenvalue weighted by Gasteiger charge is 2.34. The zero-order valence-corrected chi connectivity index (χ0v) is 21.0. The van der Waals surface area contributed by atoms with E-state index in [1.54, 1.807) is 30.5 Å². The van der Waals surface area contributed by atoms with Crippen molar-refractivity contribution >= 4 is 22.9 Å². The average molecular weight is 551 g/mol. The Hall–Kier alpha value is -5.21. The lowest BCUT2D eigenvalue weighted by molar-refractivity contribution is -0.145. The molecule has 1 unspecified atom stereocenters. The normalized spacial score (nSPS) is 12.4. The highest BCUT2D eigenvalue weighted by atomic mass is 19.4. The summed E-state index contributed by atoms with van der Waals surface area (Å²) in [5.74, 6) is -1.73. The fourth-order valence-electron chi connectivity index (χ4n) is 4.00. The maximum atomic E-state index is 13.4. The predicted octanol–water partition coefficient (Wildman–Crippen LogP) is 2.41. The van der Waals surface area contributed by atoms with Crippen LogP contribution in [0.5, 0.6) is 0 Å². The van der Waals surface area contributed by atoms with Crippen LogP contribution < -0.4 is 16.6 Å². The van der Waals surface area contributed by atoms with Crippen LogP contribution in [0.2, 0.25) is 0 Å². The summed E-state index contributed by atoms with van der Waals surface area (Å²) in [6, 6.07) is 8.75. The number of nitrogens with one attached hydrogen (secondary N) is 1. The number of amides is 1. The van der Waals surface area contributed by atoms with Gasteiger partial charge in [-0.25, -0.2) is 24.7 Å². The second-order valence-electron chi connectivity index (χ2n) is 8.74. The number of rotatable bonds is 6. The van der Waals surface area contributed by atoms with E-state index in [1.807, 2.05) is 0 Å². The molecule has 0 aliphatic carbocycles. The lowest BCUT2D eigenvalue weighted by Crippen LogP contribution is -2.40. The van der Waals surface area contributed by atoms with Crippen molar-refractivity contribution in [1.82, 2.24) is 38.6 Å². The molecule has 0 spiro atoms. The number of pyridine rings is 2. The Kier molecular flexibility index (Phi) is 6.71. The number of anilines is 1.